The van der Waals surface area contributed by atoms with Gasteiger partial charge in [0.1, 0.15) is 0 Å². The molecule has 1 aromatic heterocycles. The lowest BCUT2D eigenvalue weighted by Crippen LogP contribution is -2.47. The van der Waals surface area contributed by atoms with Gasteiger partial charge < -0.3 is 14.4 Å². The van der Waals surface area contributed by atoms with Gasteiger partial charge in [0.25, 0.3) is 5.91 Å². The number of amides is 1. The lowest BCUT2D eigenvalue weighted by molar-refractivity contribution is -0.380. The molecule has 8 heteroatoms. The maximum Gasteiger partial charge on any atom is 0.324 e. The Kier molecular flexibility index (Phi) is 3.45. The predicted molar refractivity (Wildman–Crippen MR) is 70.7 cm³/mol. The van der Waals surface area contributed by atoms with Gasteiger partial charge in [0.15, 0.2) is 5.79 Å². The molecule has 108 valence electrons. The van der Waals surface area contributed by atoms with Crippen molar-refractivity contribution >= 4 is 22.2 Å². The summed E-state index contributed by atoms with van der Waals surface area (Å²) >= 11 is 0.973. The van der Waals surface area contributed by atoms with E-state index in [0.717, 1.165) is 11.3 Å². The third-order valence-corrected chi connectivity index (χ3v) is 4.52. The largest absolute Gasteiger partial charge is 0.347 e. The molecule has 0 unspecified atom stereocenters. The van der Waals surface area contributed by atoms with Crippen LogP contribution >= 0.6 is 11.3 Å². The minimum Gasteiger partial charge on any atom is -0.347 e. The van der Waals surface area contributed by atoms with Crippen molar-refractivity contribution in [2.75, 3.05) is 26.3 Å². The highest BCUT2D eigenvalue weighted by atomic mass is 32.1. The van der Waals surface area contributed by atoms with Gasteiger partial charge in [0.05, 0.1) is 23.7 Å². The molecule has 0 bridgehead atoms. The third kappa shape index (κ3) is 2.41. The number of hydrogen-bond acceptors (Lipinski definition) is 6. The second kappa shape index (κ2) is 5.12. The van der Waals surface area contributed by atoms with Gasteiger partial charge in [-0.15, -0.1) is 0 Å². The molecular weight excluding hydrogens is 284 g/mol. The molecule has 2 aliphatic rings. The minimum atomic E-state index is -0.516. The van der Waals surface area contributed by atoms with Crippen LogP contribution in [0.25, 0.3) is 0 Å². The first kappa shape index (κ1) is 13.5. The molecule has 2 fully saturated rings. The van der Waals surface area contributed by atoms with Gasteiger partial charge in [-0.2, -0.15) is 0 Å². The minimum absolute atomic E-state index is 0.00992. The van der Waals surface area contributed by atoms with Gasteiger partial charge in [-0.3, -0.25) is 14.9 Å². The predicted octanol–water partition coefficient (Wildman–Crippen LogP) is 1.64. The highest BCUT2D eigenvalue weighted by molar-refractivity contribution is 7.13. The van der Waals surface area contributed by atoms with Crippen LogP contribution < -0.4 is 0 Å². The SMILES string of the molecule is O=C(c1csc([N+](=O)[O-])c1)N1CCC2(CC1)OCCO2. The Balaban J connectivity index is 1.65. The Labute approximate surface area is 119 Å². The lowest BCUT2D eigenvalue weighted by atomic mass is 10.0. The summed E-state index contributed by atoms with van der Waals surface area (Å²) < 4.78 is 11.2. The summed E-state index contributed by atoms with van der Waals surface area (Å²) in [5.74, 6) is -0.681. The Morgan fingerprint density at radius 2 is 2.00 bits per heavy atom. The average Bonchev–Trinajstić information content (AvgIpc) is 3.08. The second-order valence-corrected chi connectivity index (χ2v) is 5.72. The molecule has 1 amide bonds. The van der Waals surface area contributed by atoms with Crippen molar-refractivity contribution in [2.45, 2.75) is 18.6 Å². The van der Waals surface area contributed by atoms with Gasteiger partial charge in [-0.25, -0.2) is 0 Å². The Hall–Kier alpha value is -1.51. The first-order valence-corrected chi connectivity index (χ1v) is 7.28. The van der Waals surface area contributed by atoms with Crippen molar-refractivity contribution in [3.63, 3.8) is 0 Å². The van der Waals surface area contributed by atoms with E-state index in [9.17, 15) is 14.9 Å². The number of ether oxygens (including phenoxy) is 2. The van der Waals surface area contributed by atoms with E-state index in [4.69, 9.17) is 9.47 Å². The standard InChI is InChI=1S/C12H14N2O5S/c15-11(9-7-10(14(16)17)20-8-9)13-3-1-12(2-4-13)18-5-6-19-12/h7-8H,1-6H2. The molecule has 2 saturated heterocycles. The molecule has 0 radical (unpaired) electrons. The highest BCUT2D eigenvalue weighted by Gasteiger charge is 2.41. The van der Waals surface area contributed by atoms with Gasteiger partial charge in [0, 0.05) is 37.4 Å². The van der Waals surface area contributed by atoms with Crippen LogP contribution in [-0.4, -0.2) is 47.8 Å². The summed E-state index contributed by atoms with van der Waals surface area (Å²) in [6.07, 6.45) is 1.29. The van der Waals surface area contributed by atoms with E-state index >= 15 is 0 Å². The summed E-state index contributed by atoms with van der Waals surface area (Å²) in [4.78, 5) is 24.1. The van der Waals surface area contributed by atoms with Crippen molar-refractivity contribution in [3.8, 4) is 0 Å². The van der Waals surface area contributed by atoms with Crippen molar-refractivity contribution in [2.24, 2.45) is 0 Å². The number of thiophene rings is 1. The van der Waals surface area contributed by atoms with E-state index < -0.39 is 10.7 Å². The van der Waals surface area contributed by atoms with Crippen molar-refractivity contribution in [3.05, 3.63) is 27.1 Å². The maximum absolute atomic E-state index is 12.3. The van der Waals surface area contributed by atoms with E-state index in [1.54, 1.807) is 4.90 Å². The molecule has 7 nitrogen and oxygen atoms in total. The van der Waals surface area contributed by atoms with Crippen molar-refractivity contribution in [1.82, 2.24) is 4.90 Å². The zero-order chi connectivity index (χ0) is 14.2. The number of piperidine rings is 1. The molecule has 0 aromatic carbocycles. The smallest absolute Gasteiger partial charge is 0.324 e. The molecule has 3 rings (SSSR count). The van der Waals surface area contributed by atoms with Gasteiger partial charge in [-0.05, 0) is 0 Å². The van der Waals surface area contributed by atoms with Gasteiger partial charge in [0.2, 0.25) is 0 Å². The van der Waals surface area contributed by atoms with Gasteiger partial charge in [-0.1, -0.05) is 11.3 Å². The number of carbonyl (C=O) groups excluding carboxylic acids is 1. The van der Waals surface area contributed by atoms with Crippen molar-refractivity contribution in [1.29, 1.82) is 0 Å². The molecule has 3 heterocycles. The first-order valence-electron chi connectivity index (χ1n) is 6.40. The van der Waals surface area contributed by atoms with E-state index in [0.29, 0.717) is 44.7 Å². The molecule has 0 atom stereocenters. The third-order valence-electron chi connectivity index (χ3n) is 3.64. The summed E-state index contributed by atoms with van der Waals surface area (Å²) in [6, 6.07) is 1.33. The number of hydrogen-bond donors (Lipinski definition) is 0. The molecule has 1 spiro atoms. The van der Waals surface area contributed by atoms with Crippen LogP contribution in [0.3, 0.4) is 0 Å². The fourth-order valence-corrected chi connectivity index (χ4v) is 3.25. The zero-order valence-corrected chi connectivity index (χ0v) is 11.6. The Morgan fingerprint density at radius 3 is 2.55 bits per heavy atom. The maximum atomic E-state index is 12.3. The highest BCUT2D eigenvalue weighted by Crippen LogP contribution is 2.32. The van der Waals surface area contributed by atoms with E-state index in [-0.39, 0.29) is 10.9 Å². The second-order valence-electron chi connectivity index (χ2n) is 4.83. The summed E-state index contributed by atoms with van der Waals surface area (Å²) in [6.45, 7) is 2.29. The monoisotopic (exact) mass is 298 g/mol. The average molecular weight is 298 g/mol. The fraction of sp³-hybridized carbons (Fsp3) is 0.583. The molecule has 20 heavy (non-hydrogen) atoms. The number of likely N-dealkylation sites (tertiary alicyclic amines) is 1. The zero-order valence-electron chi connectivity index (χ0n) is 10.7. The summed E-state index contributed by atoms with van der Waals surface area (Å²) in [7, 11) is 0. The van der Waals surface area contributed by atoms with Crippen molar-refractivity contribution < 1.29 is 19.2 Å². The molecule has 2 aliphatic heterocycles. The Bertz CT molecular complexity index is 528. The van der Waals surface area contributed by atoms with Crippen LogP contribution in [0, 0.1) is 10.1 Å². The van der Waals surface area contributed by atoms with Gasteiger partial charge >= 0.3 is 5.00 Å². The number of nitrogens with zero attached hydrogens (tertiary/aromatic N) is 2. The summed E-state index contributed by atoms with van der Waals surface area (Å²) in [5.41, 5.74) is 0.380. The van der Waals surface area contributed by atoms with Crippen LogP contribution in [0.15, 0.2) is 11.4 Å². The van der Waals surface area contributed by atoms with E-state index in [1.807, 2.05) is 0 Å². The topological polar surface area (TPSA) is 81.9 Å². The molecule has 1 aromatic rings. The molecule has 0 N–H and O–H groups in total. The van der Waals surface area contributed by atoms with Crippen LogP contribution in [0.5, 0.6) is 0 Å². The number of carbonyl (C=O) groups is 1. The molecule has 0 saturated carbocycles. The van der Waals surface area contributed by atoms with Crippen LogP contribution in [0.2, 0.25) is 0 Å². The molecule has 0 aliphatic carbocycles. The van der Waals surface area contributed by atoms with Crippen LogP contribution in [-0.2, 0) is 9.47 Å². The lowest BCUT2D eigenvalue weighted by Gasteiger charge is -2.37. The Morgan fingerprint density at radius 1 is 1.35 bits per heavy atom. The van der Waals surface area contributed by atoms with E-state index in [2.05, 4.69) is 0 Å². The number of nitro groups is 1. The first-order chi connectivity index (χ1) is 9.60. The van der Waals surface area contributed by atoms with E-state index in [1.165, 1.54) is 11.4 Å². The van der Waals surface area contributed by atoms with Crippen LogP contribution in [0.1, 0.15) is 23.2 Å². The molecular formula is C12H14N2O5S. The summed E-state index contributed by atoms with van der Waals surface area (Å²) in [5, 5.41) is 12.2. The fourth-order valence-electron chi connectivity index (χ4n) is 2.55. The normalized spacial score (nSPS) is 21.3. The number of rotatable bonds is 2. The quantitative estimate of drug-likeness (QED) is 0.612. The van der Waals surface area contributed by atoms with Crippen LogP contribution in [0.4, 0.5) is 5.00 Å².